The molecule has 1 rings (SSSR count). The van der Waals surface area contributed by atoms with Gasteiger partial charge < -0.3 is 15.7 Å². The third-order valence-electron chi connectivity index (χ3n) is 2.02. The van der Waals surface area contributed by atoms with E-state index in [1.807, 2.05) is 6.92 Å². The average molecular weight is 301 g/mol. The first-order chi connectivity index (χ1) is 8.04. The molecule has 0 aliphatic carbocycles. The van der Waals surface area contributed by atoms with Crippen LogP contribution >= 0.6 is 15.9 Å². The number of carbonyl (C=O) groups is 2. The van der Waals surface area contributed by atoms with E-state index in [9.17, 15) is 9.59 Å². The lowest BCUT2D eigenvalue weighted by atomic mass is 10.2. The number of carboxylic acid groups (broad SMARTS) is 1. The number of anilines is 1. The largest absolute Gasteiger partial charge is 0.478 e. The van der Waals surface area contributed by atoms with Crippen LogP contribution in [0.15, 0.2) is 22.7 Å². The van der Waals surface area contributed by atoms with E-state index < -0.39 is 5.97 Å². The highest BCUT2D eigenvalue weighted by atomic mass is 79.9. The molecule has 0 spiro atoms. The lowest BCUT2D eigenvalue weighted by Gasteiger charge is -2.09. The smallest absolute Gasteiger partial charge is 0.337 e. The molecule has 0 aromatic heterocycles. The Kier molecular flexibility index (Phi) is 5.11. The number of halogens is 1. The van der Waals surface area contributed by atoms with Gasteiger partial charge >= 0.3 is 5.97 Å². The molecule has 6 heteroatoms. The number of rotatable bonds is 5. The molecular formula is C11H13BrN2O3. The van der Waals surface area contributed by atoms with Crippen LogP contribution in [0.25, 0.3) is 0 Å². The number of benzene rings is 1. The monoisotopic (exact) mass is 300 g/mol. The van der Waals surface area contributed by atoms with Gasteiger partial charge in [0.2, 0.25) is 5.91 Å². The van der Waals surface area contributed by atoms with E-state index in [0.717, 1.165) is 0 Å². The predicted octanol–water partition coefficient (Wildman–Crippen LogP) is 1.70. The fourth-order valence-corrected chi connectivity index (χ4v) is 1.60. The summed E-state index contributed by atoms with van der Waals surface area (Å²) in [5.41, 5.74) is 0.354. The fourth-order valence-electron chi connectivity index (χ4n) is 1.24. The highest BCUT2D eigenvalue weighted by Gasteiger charge is 2.12. The van der Waals surface area contributed by atoms with Gasteiger partial charge in [-0.15, -0.1) is 0 Å². The molecule has 1 aromatic carbocycles. The molecule has 0 aliphatic heterocycles. The standard InChI is InChI=1S/C11H13BrN2O3/c1-2-13-6-10(15)14-9-5-7(12)3-4-8(9)11(16)17/h3-5,13H,2,6H2,1H3,(H,14,15)(H,16,17). The van der Waals surface area contributed by atoms with E-state index in [0.29, 0.717) is 11.0 Å². The van der Waals surface area contributed by atoms with Gasteiger partial charge in [-0.05, 0) is 24.7 Å². The maximum Gasteiger partial charge on any atom is 0.337 e. The quantitative estimate of drug-likeness (QED) is 0.773. The summed E-state index contributed by atoms with van der Waals surface area (Å²) in [7, 11) is 0. The number of carbonyl (C=O) groups excluding carboxylic acids is 1. The van der Waals surface area contributed by atoms with Crippen molar-refractivity contribution in [2.45, 2.75) is 6.92 Å². The summed E-state index contributed by atoms with van der Waals surface area (Å²) in [5, 5.41) is 14.4. The zero-order chi connectivity index (χ0) is 12.8. The third kappa shape index (κ3) is 4.16. The van der Waals surface area contributed by atoms with Gasteiger partial charge in [0.15, 0.2) is 0 Å². The number of hydrogen-bond donors (Lipinski definition) is 3. The van der Waals surface area contributed by atoms with E-state index in [1.54, 1.807) is 12.1 Å². The van der Waals surface area contributed by atoms with Crippen LogP contribution in [-0.2, 0) is 4.79 Å². The third-order valence-corrected chi connectivity index (χ3v) is 2.51. The Balaban J connectivity index is 2.85. The number of amides is 1. The topological polar surface area (TPSA) is 78.4 Å². The number of hydrogen-bond acceptors (Lipinski definition) is 3. The molecule has 5 nitrogen and oxygen atoms in total. The fraction of sp³-hybridized carbons (Fsp3) is 0.273. The van der Waals surface area contributed by atoms with E-state index in [4.69, 9.17) is 5.11 Å². The minimum Gasteiger partial charge on any atom is -0.478 e. The van der Waals surface area contributed by atoms with Gasteiger partial charge in [0.1, 0.15) is 0 Å². The highest BCUT2D eigenvalue weighted by Crippen LogP contribution is 2.21. The normalized spacial score (nSPS) is 10.0. The molecule has 0 saturated carbocycles. The molecule has 0 fully saturated rings. The summed E-state index contributed by atoms with van der Waals surface area (Å²) in [6.45, 7) is 2.72. The van der Waals surface area contributed by atoms with Crippen molar-refractivity contribution >= 4 is 33.5 Å². The summed E-state index contributed by atoms with van der Waals surface area (Å²) in [6, 6.07) is 4.62. The Hall–Kier alpha value is -1.40. The Bertz CT molecular complexity index is 435. The lowest BCUT2D eigenvalue weighted by Crippen LogP contribution is -2.28. The maximum atomic E-state index is 11.5. The predicted molar refractivity (Wildman–Crippen MR) is 68.3 cm³/mol. The van der Waals surface area contributed by atoms with Gasteiger partial charge in [-0.3, -0.25) is 4.79 Å². The Morgan fingerprint density at radius 1 is 1.41 bits per heavy atom. The van der Waals surface area contributed by atoms with Gasteiger partial charge in [-0.1, -0.05) is 22.9 Å². The van der Waals surface area contributed by atoms with Crippen molar-refractivity contribution in [3.05, 3.63) is 28.2 Å². The Morgan fingerprint density at radius 3 is 2.71 bits per heavy atom. The zero-order valence-corrected chi connectivity index (χ0v) is 10.9. The summed E-state index contributed by atoms with van der Waals surface area (Å²) in [4.78, 5) is 22.4. The van der Waals surface area contributed by atoms with Gasteiger partial charge in [0, 0.05) is 4.47 Å². The summed E-state index contributed by atoms with van der Waals surface area (Å²) >= 11 is 3.23. The molecule has 0 unspecified atom stereocenters. The Labute approximate surface area is 107 Å². The van der Waals surface area contributed by atoms with Gasteiger partial charge in [-0.25, -0.2) is 4.79 Å². The molecule has 0 aliphatic rings. The van der Waals surface area contributed by atoms with E-state index in [2.05, 4.69) is 26.6 Å². The Morgan fingerprint density at radius 2 is 2.12 bits per heavy atom. The second-order valence-corrected chi connectivity index (χ2v) is 4.24. The number of carboxylic acids is 1. The second-order valence-electron chi connectivity index (χ2n) is 3.32. The van der Waals surface area contributed by atoms with Crippen LogP contribution in [0.1, 0.15) is 17.3 Å². The van der Waals surface area contributed by atoms with Crippen LogP contribution in [0.3, 0.4) is 0 Å². The van der Waals surface area contributed by atoms with Crippen LogP contribution in [0, 0.1) is 0 Å². The molecule has 0 atom stereocenters. The molecule has 1 amide bonds. The van der Waals surface area contributed by atoms with Crippen LogP contribution in [0.4, 0.5) is 5.69 Å². The zero-order valence-electron chi connectivity index (χ0n) is 9.29. The van der Waals surface area contributed by atoms with Gasteiger partial charge in [0.05, 0.1) is 17.8 Å². The van der Waals surface area contributed by atoms with Crippen molar-refractivity contribution < 1.29 is 14.7 Å². The molecule has 0 bridgehead atoms. The molecule has 17 heavy (non-hydrogen) atoms. The highest BCUT2D eigenvalue weighted by molar-refractivity contribution is 9.10. The van der Waals surface area contributed by atoms with Crippen molar-refractivity contribution in [3.8, 4) is 0 Å². The summed E-state index contributed by atoms with van der Waals surface area (Å²) in [5.74, 6) is -1.34. The molecule has 1 aromatic rings. The summed E-state index contributed by atoms with van der Waals surface area (Å²) in [6.07, 6.45) is 0. The van der Waals surface area contributed by atoms with Gasteiger partial charge in [-0.2, -0.15) is 0 Å². The molecule has 92 valence electrons. The first-order valence-electron chi connectivity index (χ1n) is 5.08. The lowest BCUT2D eigenvalue weighted by molar-refractivity contribution is -0.115. The van der Waals surface area contributed by atoms with Crippen molar-refractivity contribution in [3.63, 3.8) is 0 Å². The molecule has 3 N–H and O–H groups in total. The van der Waals surface area contributed by atoms with Crippen molar-refractivity contribution in [2.24, 2.45) is 0 Å². The SMILES string of the molecule is CCNCC(=O)Nc1cc(Br)ccc1C(=O)O. The first-order valence-corrected chi connectivity index (χ1v) is 5.87. The van der Waals surface area contributed by atoms with Crippen LogP contribution in [-0.4, -0.2) is 30.1 Å². The van der Waals surface area contributed by atoms with E-state index in [-0.39, 0.29) is 23.7 Å². The molecule has 0 heterocycles. The van der Waals surface area contributed by atoms with Crippen LogP contribution < -0.4 is 10.6 Å². The minimum atomic E-state index is -1.07. The van der Waals surface area contributed by atoms with Crippen molar-refractivity contribution in [1.82, 2.24) is 5.32 Å². The number of likely N-dealkylation sites (N-methyl/N-ethyl adjacent to an activating group) is 1. The number of aromatic carboxylic acids is 1. The van der Waals surface area contributed by atoms with Crippen molar-refractivity contribution in [1.29, 1.82) is 0 Å². The van der Waals surface area contributed by atoms with Crippen LogP contribution in [0.5, 0.6) is 0 Å². The molecule has 0 radical (unpaired) electrons. The van der Waals surface area contributed by atoms with Crippen molar-refractivity contribution in [2.75, 3.05) is 18.4 Å². The number of nitrogens with one attached hydrogen (secondary N) is 2. The van der Waals surface area contributed by atoms with E-state index >= 15 is 0 Å². The molecule has 0 saturated heterocycles. The van der Waals surface area contributed by atoms with E-state index in [1.165, 1.54) is 6.07 Å². The summed E-state index contributed by atoms with van der Waals surface area (Å²) < 4.78 is 0.709. The second kappa shape index (κ2) is 6.36. The van der Waals surface area contributed by atoms with Crippen LogP contribution in [0.2, 0.25) is 0 Å². The molecular weight excluding hydrogens is 288 g/mol. The van der Waals surface area contributed by atoms with Gasteiger partial charge in [0.25, 0.3) is 0 Å². The minimum absolute atomic E-state index is 0.0676. The average Bonchev–Trinajstić information content (AvgIpc) is 2.26. The maximum absolute atomic E-state index is 11.5. The first kappa shape index (κ1) is 13.7.